The zero-order valence-corrected chi connectivity index (χ0v) is 15.1. The summed E-state index contributed by atoms with van der Waals surface area (Å²) in [4.78, 5) is 6.65. The Balaban J connectivity index is 1.75. The zero-order valence-electron chi connectivity index (χ0n) is 15.1. The van der Waals surface area contributed by atoms with Crippen molar-refractivity contribution in [3.63, 3.8) is 0 Å². The normalized spacial score (nSPS) is 10.9. The number of hydrogen-bond donors (Lipinski definition) is 1. The second kappa shape index (κ2) is 9.13. The summed E-state index contributed by atoms with van der Waals surface area (Å²) in [5.41, 5.74) is 10.6. The number of pyridine rings is 1. The molecule has 2 N–H and O–H groups in total. The molecule has 0 aliphatic rings. The van der Waals surface area contributed by atoms with Crippen LogP contribution in [0.3, 0.4) is 0 Å². The number of ether oxygens (including phenoxy) is 1. The van der Waals surface area contributed by atoms with Crippen molar-refractivity contribution in [2.45, 2.75) is 26.2 Å². The highest BCUT2D eigenvalue weighted by Gasteiger charge is 2.09. The highest BCUT2D eigenvalue weighted by molar-refractivity contribution is 5.27. The molecule has 0 unspecified atom stereocenters. The largest absolute Gasteiger partial charge is 0.497 e. The Bertz CT molecular complexity index is 736. The van der Waals surface area contributed by atoms with Gasteiger partial charge in [0.2, 0.25) is 0 Å². The first kappa shape index (κ1) is 18.1. The van der Waals surface area contributed by atoms with E-state index in [0.29, 0.717) is 6.54 Å². The molecule has 4 nitrogen and oxygen atoms in total. The van der Waals surface area contributed by atoms with Gasteiger partial charge in [0.05, 0.1) is 7.11 Å². The summed E-state index contributed by atoms with van der Waals surface area (Å²) in [5.74, 6) is 0.880. The lowest BCUT2D eigenvalue weighted by Gasteiger charge is -2.23. The van der Waals surface area contributed by atoms with Gasteiger partial charge in [0.1, 0.15) is 5.75 Å². The minimum Gasteiger partial charge on any atom is -0.497 e. The van der Waals surface area contributed by atoms with Crippen LogP contribution in [0.5, 0.6) is 5.75 Å². The number of aromatic nitrogens is 1. The maximum absolute atomic E-state index is 5.70. The molecular weight excluding hydrogens is 322 g/mol. The molecule has 4 heteroatoms. The summed E-state index contributed by atoms with van der Waals surface area (Å²) in [5, 5.41) is 0. The average Bonchev–Trinajstić information content (AvgIpc) is 2.70. The Morgan fingerprint density at radius 1 is 0.808 bits per heavy atom. The van der Waals surface area contributed by atoms with Crippen LogP contribution < -0.4 is 10.5 Å². The summed E-state index contributed by atoms with van der Waals surface area (Å²) in [7, 11) is 1.69. The summed E-state index contributed by atoms with van der Waals surface area (Å²) in [6.45, 7) is 3.15. The van der Waals surface area contributed by atoms with E-state index in [2.05, 4.69) is 52.3 Å². The first-order chi connectivity index (χ1) is 12.8. The summed E-state index contributed by atoms with van der Waals surface area (Å²) < 4.78 is 5.26. The standard InChI is InChI=1S/C22H25N3O/c1-26-22-10-8-20(9-11-22)16-25(17-21-3-2-12-24-14-21)15-19-6-4-18(13-23)5-7-19/h2-12,14H,13,15-17,23H2,1H3. The minimum absolute atomic E-state index is 0.575. The fraction of sp³-hybridized carbons (Fsp3) is 0.227. The van der Waals surface area contributed by atoms with Gasteiger partial charge >= 0.3 is 0 Å². The lowest BCUT2D eigenvalue weighted by atomic mass is 10.1. The molecule has 0 saturated carbocycles. The molecule has 3 rings (SSSR count). The SMILES string of the molecule is COc1ccc(CN(Cc2ccc(CN)cc2)Cc2cccnc2)cc1. The molecule has 3 aromatic rings. The Kier molecular flexibility index (Phi) is 6.36. The maximum Gasteiger partial charge on any atom is 0.118 e. The molecule has 26 heavy (non-hydrogen) atoms. The van der Waals surface area contributed by atoms with Gasteiger partial charge in [0.15, 0.2) is 0 Å². The molecular formula is C22H25N3O. The fourth-order valence-electron chi connectivity index (χ4n) is 2.95. The number of nitrogens with two attached hydrogens (primary N) is 1. The number of hydrogen-bond acceptors (Lipinski definition) is 4. The van der Waals surface area contributed by atoms with E-state index in [4.69, 9.17) is 10.5 Å². The van der Waals surface area contributed by atoms with Crippen molar-refractivity contribution in [2.75, 3.05) is 7.11 Å². The van der Waals surface area contributed by atoms with Gasteiger partial charge < -0.3 is 10.5 Å². The first-order valence-corrected chi connectivity index (χ1v) is 8.79. The van der Waals surface area contributed by atoms with E-state index < -0.39 is 0 Å². The molecule has 1 heterocycles. The van der Waals surface area contributed by atoms with Crippen LogP contribution >= 0.6 is 0 Å². The zero-order chi connectivity index (χ0) is 18.2. The van der Waals surface area contributed by atoms with Gasteiger partial charge in [-0.2, -0.15) is 0 Å². The second-order valence-electron chi connectivity index (χ2n) is 6.38. The second-order valence-corrected chi connectivity index (χ2v) is 6.38. The van der Waals surface area contributed by atoms with E-state index in [1.165, 1.54) is 16.7 Å². The third kappa shape index (κ3) is 5.15. The molecule has 0 bridgehead atoms. The smallest absolute Gasteiger partial charge is 0.118 e. The third-order valence-corrected chi connectivity index (χ3v) is 4.36. The number of methoxy groups -OCH3 is 1. The van der Waals surface area contributed by atoms with E-state index in [0.717, 1.165) is 30.9 Å². The molecule has 2 aromatic carbocycles. The first-order valence-electron chi connectivity index (χ1n) is 8.79. The van der Waals surface area contributed by atoms with Crippen LogP contribution in [0.1, 0.15) is 22.3 Å². The summed E-state index contributed by atoms with van der Waals surface area (Å²) in [6.07, 6.45) is 3.74. The van der Waals surface area contributed by atoms with Crippen molar-refractivity contribution in [1.82, 2.24) is 9.88 Å². The van der Waals surface area contributed by atoms with Crippen molar-refractivity contribution in [3.8, 4) is 5.75 Å². The number of benzene rings is 2. The van der Waals surface area contributed by atoms with Gasteiger partial charge in [0, 0.05) is 38.6 Å². The van der Waals surface area contributed by atoms with Crippen molar-refractivity contribution < 1.29 is 4.74 Å². The highest BCUT2D eigenvalue weighted by atomic mass is 16.5. The molecule has 1 aromatic heterocycles. The van der Waals surface area contributed by atoms with E-state index in [-0.39, 0.29) is 0 Å². The van der Waals surface area contributed by atoms with Gasteiger partial charge in [-0.1, -0.05) is 42.5 Å². The predicted molar refractivity (Wildman–Crippen MR) is 105 cm³/mol. The fourth-order valence-corrected chi connectivity index (χ4v) is 2.95. The maximum atomic E-state index is 5.70. The van der Waals surface area contributed by atoms with E-state index in [1.54, 1.807) is 7.11 Å². The van der Waals surface area contributed by atoms with Crippen molar-refractivity contribution in [3.05, 3.63) is 95.3 Å². The highest BCUT2D eigenvalue weighted by Crippen LogP contribution is 2.17. The Labute approximate surface area is 155 Å². The molecule has 0 radical (unpaired) electrons. The van der Waals surface area contributed by atoms with Gasteiger partial charge in [-0.05, 0) is 40.5 Å². The topological polar surface area (TPSA) is 51.4 Å². The van der Waals surface area contributed by atoms with Crippen LogP contribution in [0, 0.1) is 0 Å². The van der Waals surface area contributed by atoms with Crippen molar-refractivity contribution in [2.24, 2.45) is 5.73 Å². The molecule has 0 aliphatic carbocycles. The molecule has 0 amide bonds. The Hall–Kier alpha value is -2.69. The molecule has 0 saturated heterocycles. The van der Waals surface area contributed by atoms with Crippen LogP contribution in [0.15, 0.2) is 73.1 Å². The van der Waals surface area contributed by atoms with Gasteiger partial charge in [-0.25, -0.2) is 0 Å². The van der Waals surface area contributed by atoms with Crippen LogP contribution in [0.25, 0.3) is 0 Å². The monoisotopic (exact) mass is 347 g/mol. The number of nitrogens with zero attached hydrogens (tertiary/aromatic N) is 2. The molecule has 0 atom stereocenters. The lowest BCUT2D eigenvalue weighted by Crippen LogP contribution is -2.22. The van der Waals surface area contributed by atoms with E-state index in [1.807, 2.05) is 30.6 Å². The average molecular weight is 347 g/mol. The predicted octanol–water partition coefficient (Wildman–Crippen LogP) is 3.75. The summed E-state index contributed by atoms with van der Waals surface area (Å²) >= 11 is 0. The quantitative estimate of drug-likeness (QED) is 0.674. The van der Waals surface area contributed by atoms with E-state index >= 15 is 0 Å². The summed E-state index contributed by atoms with van der Waals surface area (Å²) in [6, 6.07) is 20.9. The van der Waals surface area contributed by atoms with Crippen LogP contribution in [-0.2, 0) is 26.2 Å². The van der Waals surface area contributed by atoms with Crippen LogP contribution in [0.2, 0.25) is 0 Å². The molecule has 134 valence electrons. The third-order valence-electron chi connectivity index (χ3n) is 4.36. The van der Waals surface area contributed by atoms with Gasteiger partial charge in [-0.15, -0.1) is 0 Å². The Morgan fingerprint density at radius 2 is 1.38 bits per heavy atom. The van der Waals surface area contributed by atoms with Crippen LogP contribution in [0.4, 0.5) is 0 Å². The van der Waals surface area contributed by atoms with Crippen molar-refractivity contribution >= 4 is 0 Å². The van der Waals surface area contributed by atoms with Crippen molar-refractivity contribution in [1.29, 1.82) is 0 Å². The van der Waals surface area contributed by atoms with E-state index in [9.17, 15) is 0 Å². The lowest BCUT2D eigenvalue weighted by molar-refractivity contribution is 0.247. The molecule has 0 spiro atoms. The van der Waals surface area contributed by atoms with Gasteiger partial charge in [0.25, 0.3) is 0 Å². The van der Waals surface area contributed by atoms with Gasteiger partial charge in [-0.3, -0.25) is 9.88 Å². The minimum atomic E-state index is 0.575. The molecule has 0 aliphatic heterocycles. The Morgan fingerprint density at radius 3 is 1.92 bits per heavy atom. The number of rotatable bonds is 8. The van der Waals surface area contributed by atoms with Crippen LogP contribution in [-0.4, -0.2) is 17.0 Å². The molecule has 0 fully saturated rings.